The molecule has 0 atom stereocenters. The van der Waals surface area contributed by atoms with Crippen LogP contribution in [-0.2, 0) is 0 Å². The van der Waals surface area contributed by atoms with E-state index >= 15 is 0 Å². The molecule has 0 saturated carbocycles. The van der Waals surface area contributed by atoms with Crippen molar-refractivity contribution in [2.75, 3.05) is 6.54 Å². The Labute approximate surface area is 44.6 Å². The van der Waals surface area contributed by atoms with Crippen molar-refractivity contribution in [1.29, 1.82) is 0 Å². The summed E-state index contributed by atoms with van der Waals surface area (Å²) in [4.78, 5) is 0. The predicted molar refractivity (Wildman–Crippen MR) is 32.5 cm³/mol. The molecule has 0 radical (unpaired) electrons. The highest BCUT2D eigenvalue weighted by molar-refractivity contribution is 5.55. The standard InChI is InChI=1S/C5H12N2/c1-3-5-7-6-4-2/h5-6H,3-4H2,1-2H3/b7-5-. The van der Waals surface area contributed by atoms with Gasteiger partial charge in [-0.1, -0.05) is 6.92 Å². The van der Waals surface area contributed by atoms with Gasteiger partial charge >= 0.3 is 0 Å². The van der Waals surface area contributed by atoms with E-state index in [9.17, 15) is 0 Å². The molecule has 7 heavy (non-hydrogen) atoms. The first-order chi connectivity index (χ1) is 3.41. The highest BCUT2D eigenvalue weighted by atomic mass is 15.3. The van der Waals surface area contributed by atoms with Crippen LogP contribution in [0.5, 0.6) is 0 Å². The third-order valence-corrected chi connectivity index (χ3v) is 0.523. The van der Waals surface area contributed by atoms with Gasteiger partial charge < -0.3 is 5.43 Å². The third kappa shape index (κ3) is 5.47. The van der Waals surface area contributed by atoms with Crippen LogP contribution in [-0.4, -0.2) is 12.8 Å². The van der Waals surface area contributed by atoms with E-state index in [2.05, 4.69) is 17.5 Å². The lowest BCUT2D eigenvalue weighted by Gasteiger charge is -1.87. The summed E-state index contributed by atoms with van der Waals surface area (Å²) in [5, 5.41) is 3.83. The summed E-state index contributed by atoms with van der Waals surface area (Å²) in [7, 11) is 0. The lowest BCUT2D eigenvalue weighted by molar-refractivity contribution is 0.784. The lowest BCUT2D eigenvalue weighted by atomic mass is 10.6. The van der Waals surface area contributed by atoms with E-state index in [0.717, 1.165) is 13.0 Å². The normalized spacial score (nSPS) is 10.0. The molecule has 0 aromatic carbocycles. The molecule has 0 heterocycles. The maximum atomic E-state index is 3.83. The molecule has 0 aliphatic carbocycles. The second-order valence-electron chi connectivity index (χ2n) is 1.23. The summed E-state index contributed by atoms with van der Waals surface area (Å²) < 4.78 is 0. The molecule has 42 valence electrons. The van der Waals surface area contributed by atoms with Crippen molar-refractivity contribution >= 4 is 6.21 Å². The van der Waals surface area contributed by atoms with Crippen LogP contribution in [0.3, 0.4) is 0 Å². The van der Waals surface area contributed by atoms with Crippen LogP contribution in [0.2, 0.25) is 0 Å². The second-order valence-corrected chi connectivity index (χ2v) is 1.23. The molecule has 0 saturated heterocycles. The highest BCUT2D eigenvalue weighted by Gasteiger charge is 1.63. The molecular weight excluding hydrogens is 88.1 g/mol. The molecule has 0 aromatic heterocycles. The Balaban J connectivity index is 2.78. The van der Waals surface area contributed by atoms with Crippen LogP contribution in [0, 0.1) is 0 Å². The quantitative estimate of drug-likeness (QED) is 0.415. The summed E-state index contributed by atoms with van der Waals surface area (Å²) in [5.41, 5.74) is 2.82. The van der Waals surface area contributed by atoms with Crippen LogP contribution in [0.15, 0.2) is 5.10 Å². The molecule has 0 unspecified atom stereocenters. The third-order valence-electron chi connectivity index (χ3n) is 0.523. The molecule has 0 bridgehead atoms. The Bertz CT molecular complexity index is 50.0. The van der Waals surface area contributed by atoms with E-state index in [-0.39, 0.29) is 0 Å². The van der Waals surface area contributed by atoms with Crippen molar-refractivity contribution in [2.24, 2.45) is 5.10 Å². The number of nitrogens with one attached hydrogen (secondary N) is 1. The molecule has 1 N–H and O–H groups in total. The first-order valence-corrected chi connectivity index (χ1v) is 2.66. The van der Waals surface area contributed by atoms with E-state index in [0.29, 0.717) is 0 Å². The van der Waals surface area contributed by atoms with Gasteiger partial charge in [-0.25, -0.2) is 0 Å². The molecule has 2 nitrogen and oxygen atoms in total. The molecule has 2 heteroatoms. The van der Waals surface area contributed by atoms with Gasteiger partial charge in [0.15, 0.2) is 0 Å². The Kier molecular flexibility index (Phi) is 5.06. The Morgan fingerprint density at radius 1 is 1.57 bits per heavy atom. The number of rotatable bonds is 3. The van der Waals surface area contributed by atoms with E-state index < -0.39 is 0 Å². The van der Waals surface area contributed by atoms with Gasteiger partial charge in [-0.05, 0) is 13.3 Å². The van der Waals surface area contributed by atoms with Gasteiger partial charge in [0.2, 0.25) is 0 Å². The largest absolute Gasteiger partial charge is 0.311 e. The average molecular weight is 100 g/mol. The SMILES string of the molecule is CC/C=N\NCC. The summed E-state index contributed by atoms with van der Waals surface area (Å²) >= 11 is 0. The minimum Gasteiger partial charge on any atom is -0.311 e. The predicted octanol–water partition coefficient (Wildman–Crippen LogP) is 0.992. The molecule has 0 spiro atoms. The summed E-state index contributed by atoms with van der Waals surface area (Å²) in [6.45, 7) is 4.99. The number of hydrogen-bond acceptors (Lipinski definition) is 2. The van der Waals surface area contributed by atoms with E-state index in [4.69, 9.17) is 0 Å². The minimum absolute atomic E-state index is 0.913. The first kappa shape index (κ1) is 6.47. The van der Waals surface area contributed by atoms with E-state index in [1.54, 1.807) is 0 Å². The highest BCUT2D eigenvalue weighted by Crippen LogP contribution is 1.63. The summed E-state index contributed by atoms with van der Waals surface area (Å²) in [6, 6.07) is 0. The minimum atomic E-state index is 0.913. The van der Waals surface area contributed by atoms with Crippen LogP contribution in [0.4, 0.5) is 0 Å². The van der Waals surface area contributed by atoms with E-state index in [1.807, 2.05) is 13.1 Å². The maximum Gasteiger partial charge on any atom is 0.0301 e. The number of hydrazone groups is 1. The number of nitrogens with zero attached hydrogens (tertiary/aromatic N) is 1. The fourth-order valence-electron chi connectivity index (χ4n) is 0.247. The van der Waals surface area contributed by atoms with Crippen molar-refractivity contribution in [3.05, 3.63) is 0 Å². The topological polar surface area (TPSA) is 24.4 Å². The zero-order valence-corrected chi connectivity index (χ0v) is 4.94. The van der Waals surface area contributed by atoms with Gasteiger partial charge in [0, 0.05) is 12.8 Å². The Morgan fingerprint density at radius 3 is 2.71 bits per heavy atom. The monoisotopic (exact) mass is 100 g/mol. The molecule has 0 aromatic rings. The van der Waals surface area contributed by atoms with Crippen molar-refractivity contribution in [3.63, 3.8) is 0 Å². The van der Waals surface area contributed by atoms with Crippen LogP contribution >= 0.6 is 0 Å². The van der Waals surface area contributed by atoms with Gasteiger partial charge in [0.1, 0.15) is 0 Å². The number of hydrogen-bond donors (Lipinski definition) is 1. The lowest BCUT2D eigenvalue weighted by Crippen LogP contribution is -2.02. The Hall–Kier alpha value is -0.530. The molecule has 0 aliphatic heterocycles. The van der Waals surface area contributed by atoms with E-state index in [1.165, 1.54) is 0 Å². The van der Waals surface area contributed by atoms with Crippen LogP contribution < -0.4 is 5.43 Å². The van der Waals surface area contributed by atoms with Gasteiger partial charge in [-0.15, -0.1) is 0 Å². The zero-order chi connectivity index (χ0) is 5.54. The second kappa shape index (κ2) is 5.47. The molecule has 0 aliphatic rings. The first-order valence-electron chi connectivity index (χ1n) is 2.66. The summed E-state index contributed by atoms with van der Waals surface area (Å²) in [6.07, 6.45) is 2.86. The molecule has 0 amide bonds. The smallest absolute Gasteiger partial charge is 0.0301 e. The van der Waals surface area contributed by atoms with Gasteiger partial charge in [0.05, 0.1) is 0 Å². The Morgan fingerprint density at radius 2 is 2.29 bits per heavy atom. The van der Waals surface area contributed by atoms with Crippen LogP contribution in [0.1, 0.15) is 20.3 Å². The fourth-order valence-corrected chi connectivity index (χ4v) is 0.247. The molecule has 0 fully saturated rings. The van der Waals surface area contributed by atoms with Crippen molar-refractivity contribution in [3.8, 4) is 0 Å². The van der Waals surface area contributed by atoms with Crippen molar-refractivity contribution in [1.82, 2.24) is 5.43 Å². The van der Waals surface area contributed by atoms with Crippen molar-refractivity contribution in [2.45, 2.75) is 20.3 Å². The van der Waals surface area contributed by atoms with Crippen molar-refractivity contribution < 1.29 is 0 Å². The summed E-state index contributed by atoms with van der Waals surface area (Å²) in [5.74, 6) is 0. The average Bonchev–Trinajstić information content (AvgIpc) is 1.69. The molecule has 0 rings (SSSR count). The van der Waals surface area contributed by atoms with Gasteiger partial charge in [0.25, 0.3) is 0 Å². The maximum absolute atomic E-state index is 3.83. The zero-order valence-electron chi connectivity index (χ0n) is 4.94. The molecular formula is C5H12N2. The van der Waals surface area contributed by atoms with Gasteiger partial charge in [-0.2, -0.15) is 5.10 Å². The fraction of sp³-hybridized carbons (Fsp3) is 0.800. The van der Waals surface area contributed by atoms with Crippen LogP contribution in [0.25, 0.3) is 0 Å². The van der Waals surface area contributed by atoms with Gasteiger partial charge in [-0.3, -0.25) is 0 Å².